The predicted molar refractivity (Wildman–Crippen MR) is 78.9 cm³/mol. The number of likely N-dealkylation sites (N-methyl/N-ethyl adjacent to an activating group) is 1. The molecule has 0 amide bonds. The second-order valence-corrected chi connectivity index (χ2v) is 5.58. The average molecular weight is 267 g/mol. The molecule has 0 spiro atoms. The van der Waals surface area contributed by atoms with Crippen LogP contribution in [0.5, 0.6) is 0 Å². The first-order valence-electron chi connectivity index (χ1n) is 5.79. The Labute approximate surface area is 114 Å². The van der Waals surface area contributed by atoms with Crippen molar-refractivity contribution in [1.82, 2.24) is 14.9 Å². The van der Waals surface area contributed by atoms with Crippen LogP contribution in [0.15, 0.2) is 6.07 Å². The molecule has 0 saturated carbocycles. The van der Waals surface area contributed by atoms with Crippen LogP contribution in [0.3, 0.4) is 0 Å². The Morgan fingerprint density at radius 1 is 1.44 bits per heavy atom. The fraction of sp³-hybridized carbons (Fsp3) is 0.583. The van der Waals surface area contributed by atoms with Crippen molar-refractivity contribution in [2.24, 2.45) is 5.73 Å². The van der Waals surface area contributed by atoms with E-state index in [1.165, 1.54) is 0 Å². The minimum atomic E-state index is 0.0104. The van der Waals surface area contributed by atoms with Crippen molar-refractivity contribution in [2.45, 2.75) is 26.3 Å². The molecule has 0 saturated heterocycles. The van der Waals surface area contributed by atoms with Crippen LogP contribution in [0.4, 0.5) is 5.95 Å². The summed E-state index contributed by atoms with van der Waals surface area (Å²) in [5, 5.41) is 3.22. The lowest BCUT2D eigenvalue weighted by Crippen LogP contribution is -2.44. The summed E-state index contributed by atoms with van der Waals surface area (Å²) in [7, 11) is 4.08. The zero-order chi connectivity index (χ0) is 13.9. The minimum absolute atomic E-state index is 0.0104. The maximum atomic E-state index is 5.59. The quantitative estimate of drug-likeness (QED) is 0.781. The monoisotopic (exact) mass is 267 g/mol. The summed E-state index contributed by atoms with van der Waals surface area (Å²) in [6.07, 6.45) is 0. The number of hydrogen-bond donors (Lipinski definition) is 2. The van der Waals surface area contributed by atoms with Crippen LogP contribution in [0.2, 0.25) is 0 Å². The van der Waals surface area contributed by atoms with Crippen LogP contribution in [0.1, 0.15) is 25.2 Å². The Morgan fingerprint density at radius 2 is 2.06 bits per heavy atom. The van der Waals surface area contributed by atoms with Gasteiger partial charge in [0.05, 0.1) is 0 Å². The fourth-order valence-corrected chi connectivity index (χ4v) is 1.33. The number of aromatic nitrogens is 2. The molecule has 0 unspecified atom stereocenters. The van der Waals surface area contributed by atoms with Crippen LogP contribution in [-0.4, -0.2) is 46.0 Å². The molecule has 3 N–H and O–H groups in total. The first-order valence-corrected chi connectivity index (χ1v) is 6.20. The molecule has 100 valence electrons. The van der Waals surface area contributed by atoms with E-state index in [4.69, 9.17) is 18.0 Å². The van der Waals surface area contributed by atoms with Crippen LogP contribution >= 0.6 is 12.2 Å². The Hall–Kier alpha value is -1.27. The molecule has 0 radical (unpaired) electrons. The van der Waals surface area contributed by atoms with Crippen molar-refractivity contribution in [1.29, 1.82) is 0 Å². The van der Waals surface area contributed by atoms with Crippen molar-refractivity contribution in [3.05, 3.63) is 17.5 Å². The second kappa shape index (κ2) is 5.58. The highest BCUT2D eigenvalue weighted by Crippen LogP contribution is 2.11. The predicted octanol–water partition coefficient (Wildman–Crippen LogP) is 1.17. The van der Waals surface area contributed by atoms with Gasteiger partial charge in [0.1, 0.15) is 10.7 Å². The molecule has 6 heteroatoms. The van der Waals surface area contributed by atoms with Gasteiger partial charge in [-0.05, 0) is 40.9 Å². The number of hydrogen-bond acceptors (Lipinski definition) is 5. The van der Waals surface area contributed by atoms with E-state index in [1.54, 1.807) is 6.07 Å². The molecule has 1 rings (SSSR count). The molecule has 1 aromatic heterocycles. The average Bonchev–Trinajstić information content (AvgIpc) is 2.25. The topological polar surface area (TPSA) is 67.1 Å². The van der Waals surface area contributed by atoms with Gasteiger partial charge in [-0.2, -0.15) is 0 Å². The van der Waals surface area contributed by atoms with Crippen molar-refractivity contribution >= 4 is 23.2 Å². The molecule has 18 heavy (non-hydrogen) atoms. The Balaban J connectivity index is 2.83. The van der Waals surface area contributed by atoms with Crippen molar-refractivity contribution < 1.29 is 0 Å². The summed E-state index contributed by atoms with van der Waals surface area (Å²) in [6.45, 7) is 6.92. The van der Waals surface area contributed by atoms with Crippen LogP contribution in [0, 0.1) is 6.92 Å². The zero-order valence-electron chi connectivity index (χ0n) is 11.6. The normalized spacial score (nSPS) is 11.7. The highest BCUT2D eigenvalue weighted by atomic mass is 32.1. The molecule has 0 fully saturated rings. The number of rotatable bonds is 5. The summed E-state index contributed by atoms with van der Waals surface area (Å²) in [4.78, 5) is 11.0. The van der Waals surface area contributed by atoms with E-state index >= 15 is 0 Å². The maximum absolute atomic E-state index is 5.59. The highest BCUT2D eigenvalue weighted by molar-refractivity contribution is 7.80. The Bertz CT molecular complexity index is 442. The molecule has 5 nitrogen and oxygen atoms in total. The lowest BCUT2D eigenvalue weighted by atomic mass is 10.1. The van der Waals surface area contributed by atoms with Gasteiger partial charge < -0.3 is 16.0 Å². The van der Waals surface area contributed by atoms with Crippen molar-refractivity contribution in [3.63, 3.8) is 0 Å². The SMILES string of the molecule is Cc1cc(C(N)=S)nc(NCC(C)(C)N(C)C)n1. The van der Waals surface area contributed by atoms with Gasteiger partial charge in [0.25, 0.3) is 0 Å². The summed E-state index contributed by atoms with van der Waals surface area (Å²) < 4.78 is 0. The number of nitrogens with one attached hydrogen (secondary N) is 1. The lowest BCUT2D eigenvalue weighted by molar-refractivity contribution is 0.209. The van der Waals surface area contributed by atoms with Gasteiger partial charge in [-0.3, -0.25) is 0 Å². The van der Waals surface area contributed by atoms with Crippen LogP contribution in [0.25, 0.3) is 0 Å². The number of nitrogens with two attached hydrogens (primary N) is 1. The van der Waals surface area contributed by atoms with E-state index in [0.29, 0.717) is 11.6 Å². The lowest BCUT2D eigenvalue weighted by Gasteiger charge is -2.32. The third-order valence-corrected chi connectivity index (χ3v) is 3.21. The first-order chi connectivity index (χ1) is 8.22. The summed E-state index contributed by atoms with van der Waals surface area (Å²) in [6, 6.07) is 1.78. The summed E-state index contributed by atoms with van der Waals surface area (Å²) in [5.41, 5.74) is 7.04. The van der Waals surface area contributed by atoms with Gasteiger partial charge in [-0.1, -0.05) is 12.2 Å². The third kappa shape index (κ3) is 3.89. The smallest absolute Gasteiger partial charge is 0.223 e. The Morgan fingerprint density at radius 3 is 2.56 bits per heavy atom. The minimum Gasteiger partial charge on any atom is -0.388 e. The fourth-order valence-electron chi connectivity index (χ4n) is 1.23. The number of thiocarbonyl (C=S) groups is 1. The standard InChI is InChI=1S/C12H21N5S/c1-8-6-9(10(13)18)16-11(15-8)14-7-12(2,3)17(4)5/h6H,7H2,1-5H3,(H2,13,18)(H,14,15,16). The van der Waals surface area contributed by atoms with Gasteiger partial charge in [-0.25, -0.2) is 9.97 Å². The van der Waals surface area contributed by atoms with Gasteiger partial charge in [0.15, 0.2) is 0 Å². The molecule has 0 bridgehead atoms. The number of anilines is 1. The molecule has 0 aliphatic carbocycles. The molecular weight excluding hydrogens is 246 g/mol. The molecule has 0 aliphatic heterocycles. The maximum Gasteiger partial charge on any atom is 0.223 e. The van der Waals surface area contributed by atoms with Crippen LogP contribution < -0.4 is 11.1 Å². The molecule has 1 heterocycles. The van der Waals surface area contributed by atoms with E-state index in [2.05, 4.69) is 34.0 Å². The van der Waals surface area contributed by atoms with Gasteiger partial charge >= 0.3 is 0 Å². The Kier molecular flexibility index (Phi) is 4.59. The van der Waals surface area contributed by atoms with Gasteiger partial charge in [-0.15, -0.1) is 0 Å². The third-order valence-electron chi connectivity index (χ3n) is 3.00. The highest BCUT2D eigenvalue weighted by Gasteiger charge is 2.20. The largest absolute Gasteiger partial charge is 0.388 e. The van der Waals surface area contributed by atoms with E-state index in [-0.39, 0.29) is 10.5 Å². The molecule has 1 aromatic rings. The first kappa shape index (κ1) is 14.8. The molecular formula is C12H21N5S. The van der Waals surface area contributed by atoms with E-state index < -0.39 is 0 Å². The second-order valence-electron chi connectivity index (χ2n) is 5.14. The zero-order valence-corrected chi connectivity index (χ0v) is 12.4. The van der Waals surface area contributed by atoms with Crippen LogP contribution in [-0.2, 0) is 0 Å². The van der Waals surface area contributed by atoms with E-state index in [9.17, 15) is 0 Å². The number of aryl methyl sites for hydroxylation is 1. The van der Waals surface area contributed by atoms with Crippen molar-refractivity contribution in [3.8, 4) is 0 Å². The molecule has 0 atom stereocenters. The summed E-state index contributed by atoms with van der Waals surface area (Å²) in [5.74, 6) is 0.563. The molecule has 0 aromatic carbocycles. The van der Waals surface area contributed by atoms with Crippen molar-refractivity contribution in [2.75, 3.05) is 26.0 Å². The van der Waals surface area contributed by atoms with Gasteiger partial charge in [0.2, 0.25) is 5.95 Å². The molecule has 0 aliphatic rings. The van der Waals surface area contributed by atoms with Gasteiger partial charge in [0, 0.05) is 17.8 Å². The summed E-state index contributed by atoms with van der Waals surface area (Å²) >= 11 is 4.93. The van der Waals surface area contributed by atoms with E-state index in [0.717, 1.165) is 12.2 Å². The van der Waals surface area contributed by atoms with E-state index in [1.807, 2.05) is 21.0 Å². The number of nitrogens with zero attached hydrogens (tertiary/aromatic N) is 3.